The van der Waals surface area contributed by atoms with Gasteiger partial charge in [0.1, 0.15) is 12.0 Å². The third kappa shape index (κ3) is 3.21. The average Bonchev–Trinajstić information content (AvgIpc) is 3.04. The Morgan fingerprint density at radius 3 is 2.70 bits per heavy atom. The standard InChI is InChI=1S/C15H23ClN6O/c1-18-12-13(16)19-9-20-15(12)21-7-4-10(5-8-21)22-6-2-3-11(22)14(17)23/h9-11,18H,2-8H2,1H3,(H2,17,23). The molecule has 0 aliphatic carbocycles. The van der Waals surface area contributed by atoms with Gasteiger partial charge in [-0.15, -0.1) is 0 Å². The summed E-state index contributed by atoms with van der Waals surface area (Å²) >= 11 is 6.14. The van der Waals surface area contributed by atoms with Gasteiger partial charge >= 0.3 is 0 Å². The van der Waals surface area contributed by atoms with Crippen LogP contribution in [0.3, 0.4) is 0 Å². The average molecular weight is 339 g/mol. The molecule has 23 heavy (non-hydrogen) atoms. The second-order valence-corrected chi connectivity index (χ2v) is 6.49. The number of carbonyl (C=O) groups excluding carboxylic acids is 1. The smallest absolute Gasteiger partial charge is 0.234 e. The van der Waals surface area contributed by atoms with Crippen molar-refractivity contribution in [3.8, 4) is 0 Å². The highest BCUT2D eigenvalue weighted by Crippen LogP contribution is 2.32. The van der Waals surface area contributed by atoms with Crippen molar-refractivity contribution in [3.63, 3.8) is 0 Å². The number of halogens is 1. The number of hydrogen-bond donors (Lipinski definition) is 2. The number of anilines is 2. The van der Waals surface area contributed by atoms with Crippen molar-refractivity contribution >= 4 is 29.0 Å². The number of rotatable bonds is 4. The number of likely N-dealkylation sites (tertiary alicyclic amines) is 1. The molecule has 2 fully saturated rings. The summed E-state index contributed by atoms with van der Waals surface area (Å²) in [4.78, 5) is 24.5. The summed E-state index contributed by atoms with van der Waals surface area (Å²) in [6.07, 6.45) is 5.43. The molecule has 7 nitrogen and oxygen atoms in total. The van der Waals surface area contributed by atoms with Gasteiger partial charge in [0.2, 0.25) is 5.91 Å². The number of primary amides is 1. The Morgan fingerprint density at radius 1 is 1.30 bits per heavy atom. The molecule has 126 valence electrons. The van der Waals surface area contributed by atoms with Crippen molar-refractivity contribution in [1.29, 1.82) is 0 Å². The van der Waals surface area contributed by atoms with E-state index >= 15 is 0 Å². The van der Waals surface area contributed by atoms with Crippen LogP contribution in [0.2, 0.25) is 5.15 Å². The van der Waals surface area contributed by atoms with E-state index < -0.39 is 0 Å². The molecule has 1 aromatic heterocycles. The van der Waals surface area contributed by atoms with Gasteiger partial charge in [-0.25, -0.2) is 9.97 Å². The highest BCUT2D eigenvalue weighted by atomic mass is 35.5. The highest BCUT2D eigenvalue weighted by molar-refractivity contribution is 6.32. The minimum atomic E-state index is -0.190. The van der Waals surface area contributed by atoms with Crippen LogP contribution >= 0.6 is 11.6 Å². The van der Waals surface area contributed by atoms with Gasteiger partial charge in [0.15, 0.2) is 11.0 Å². The lowest BCUT2D eigenvalue weighted by Gasteiger charge is -2.39. The zero-order chi connectivity index (χ0) is 16.4. The first-order chi connectivity index (χ1) is 11.1. The van der Waals surface area contributed by atoms with Crippen molar-refractivity contribution in [2.45, 2.75) is 37.8 Å². The number of aromatic nitrogens is 2. The topological polar surface area (TPSA) is 87.4 Å². The number of carbonyl (C=O) groups is 1. The number of nitrogens with zero attached hydrogens (tertiary/aromatic N) is 4. The number of hydrogen-bond acceptors (Lipinski definition) is 6. The molecule has 1 amide bonds. The summed E-state index contributed by atoms with van der Waals surface area (Å²) in [5.74, 6) is 0.656. The summed E-state index contributed by atoms with van der Waals surface area (Å²) in [5.41, 5.74) is 6.30. The van der Waals surface area contributed by atoms with Crippen molar-refractivity contribution < 1.29 is 4.79 Å². The van der Waals surface area contributed by atoms with Crippen LogP contribution in [0.1, 0.15) is 25.7 Å². The van der Waals surface area contributed by atoms with E-state index in [1.54, 1.807) is 0 Å². The van der Waals surface area contributed by atoms with Crippen molar-refractivity contribution in [2.24, 2.45) is 5.73 Å². The molecule has 2 saturated heterocycles. The van der Waals surface area contributed by atoms with Crippen LogP contribution in [0.15, 0.2) is 6.33 Å². The predicted molar refractivity (Wildman–Crippen MR) is 90.7 cm³/mol. The minimum Gasteiger partial charge on any atom is -0.383 e. The molecule has 2 aliphatic rings. The van der Waals surface area contributed by atoms with Gasteiger partial charge in [0, 0.05) is 26.2 Å². The molecule has 0 radical (unpaired) electrons. The Kier molecular flexibility index (Phi) is 4.87. The van der Waals surface area contributed by atoms with Gasteiger partial charge in [0.25, 0.3) is 0 Å². The Bertz CT molecular complexity index is 575. The van der Waals surface area contributed by atoms with Gasteiger partial charge < -0.3 is 16.0 Å². The van der Waals surface area contributed by atoms with Crippen molar-refractivity contribution in [3.05, 3.63) is 11.5 Å². The normalized spacial score (nSPS) is 23.2. The lowest BCUT2D eigenvalue weighted by atomic mass is 10.0. The molecule has 0 bridgehead atoms. The van der Waals surface area contributed by atoms with Crippen LogP contribution in [-0.4, -0.2) is 59.5 Å². The van der Waals surface area contributed by atoms with Gasteiger partial charge in [-0.05, 0) is 32.2 Å². The van der Waals surface area contributed by atoms with Gasteiger partial charge in [-0.2, -0.15) is 0 Å². The molecule has 2 aliphatic heterocycles. The first-order valence-corrected chi connectivity index (χ1v) is 8.48. The van der Waals surface area contributed by atoms with E-state index in [0.717, 1.165) is 56.8 Å². The molecule has 1 unspecified atom stereocenters. The van der Waals surface area contributed by atoms with E-state index in [1.165, 1.54) is 6.33 Å². The van der Waals surface area contributed by atoms with Crippen LogP contribution in [0, 0.1) is 0 Å². The SMILES string of the molecule is CNc1c(Cl)ncnc1N1CCC(N2CCCC2C(N)=O)CC1. The number of nitrogens with two attached hydrogens (primary N) is 1. The molecule has 0 aromatic carbocycles. The maximum absolute atomic E-state index is 11.6. The molecule has 3 rings (SSSR count). The van der Waals surface area contributed by atoms with Crippen LogP contribution in [0.5, 0.6) is 0 Å². The molecule has 3 N–H and O–H groups in total. The third-order valence-corrected chi connectivity index (χ3v) is 5.17. The van der Waals surface area contributed by atoms with E-state index in [4.69, 9.17) is 17.3 Å². The highest BCUT2D eigenvalue weighted by Gasteiger charge is 2.36. The monoisotopic (exact) mass is 338 g/mol. The largest absolute Gasteiger partial charge is 0.383 e. The van der Waals surface area contributed by atoms with Crippen LogP contribution < -0.4 is 16.0 Å². The predicted octanol–water partition coefficient (Wildman–Crippen LogP) is 1.09. The van der Waals surface area contributed by atoms with Crippen molar-refractivity contribution in [2.75, 3.05) is 36.9 Å². The molecule has 8 heteroatoms. The molecule has 3 heterocycles. The maximum Gasteiger partial charge on any atom is 0.234 e. The lowest BCUT2D eigenvalue weighted by Crippen LogP contribution is -2.50. The maximum atomic E-state index is 11.6. The number of piperidine rings is 1. The molecule has 0 spiro atoms. The molecular formula is C15H23ClN6O. The van der Waals surface area contributed by atoms with Gasteiger partial charge in [-0.1, -0.05) is 11.6 Å². The van der Waals surface area contributed by atoms with E-state index in [0.29, 0.717) is 11.2 Å². The fourth-order valence-corrected chi connectivity index (χ4v) is 3.97. The number of nitrogens with one attached hydrogen (secondary N) is 1. The Labute approximate surface area is 141 Å². The first-order valence-electron chi connectivity index (χ1n) is 8.10. The van der Waals surface area contributed by atoms with Crippen LogP contribution in [0.4, 0.5) is 11.5 Å². The summed E-state index contributed by atoms with van der Waals surface area (Å²) in [5, 5.41) is 3.52. The first kappa shape index (κ1) is 16.3. The quantitative estimate of drug-likeness (QED) is 0.799. The molecule has 0 saturated carbocycles. The number of amides is 1. The Balaban J connectivity index is 1.67. The van der Waals surface area contributed by atoms with Crippen LogP contribution in [-0.2, 0) is 4.79 Å². The zero-order valence-corrected chi connectivity index (χ0v) is 14.1. The van der Waals surface area contributed by atoms with Crippen LogP contribution in [0.25, 0.3) is 0 Å². The summed E-state index contributed by atoms with van der Waals surface area (Å²) < 4.78 is 0. The van der Waals surface area contributed by atoms with E-state index in [-0.39, 0.29) is 11.9 Å². The van der Waals surface area contributed by atoms with Gasteiger partial charge in [0.05, 0.1) is 6.04 Å². The van der Waals surface area contributed by atoms with Crippen molar-refractivity contribution in [1.82, 2.24) is 14.9 Å². The molecule has 1 atom stereocenters. The lowest BCUT2D eigenvalue weighted by molar-refractivity contribution is -0.123. The van der Waals surface area contributed by atoms with E-state index in [9.17, 15) is 4.79 Å². The zero-order valence-electron chi connectivity index (χ0n) is 13.3. The third-order valence-electron chi connectivity index (χ3n) is 4.89. The second-order valence-electron chi connectivity index (χ2n) is 6.13. The summed E-state index contributed by atoms with van der Waals surface area (Å²) in [6.45, 7) is 2.74. The minimum absolute atomic E-state index is 0.0899. The molecular weight excluding hydrogens is 316 g/mol. The Hall–Kier alpha value is -1.60. The fourth-order valence-electron chi connectivity index (χ4n) is 3.75. The second kappa shape index (κ2) is 6.88. The summed E-state index contributed by atoms with van der Waals surface area (Å²) in [6, 6.07) is 0.328. The van der Waals surface area contributed by atoms with E-state index in [2.05, 4.69) is 25.1 Å². The van der Waals surface area contributed by atoms with Gasteiger partial charge in [-0.3, -0.25) is 9.69 Å². The van der Waals surface area contributed by atoms with E-state index in [1.807, 2.05) is 7.05 Å². The summed E-state index contributed by atoms with van der Waals surface area (Å²) in [7, 11) is 1.82. The Morgan fingerprint density at radius 2 is 2.04 bits per heavy atom. The fraction of sp³-hybridized carbons (Fsp3) is 0.667. The molecule has 1 aromatic rings.